The minimum atomic E-state index is -0.208. The first kappa shape index (κ1) is 23.5. The van der Waals surface area contributed by atoms with Crippen LogP contribution in [-0.2, 0) is 22.7 Å². The second-order valence-electron chi connectivity index (χ2n) is 10.5. The molecule has 8 nitrogen and oxygen atoms in total. The molecule has 1 saturated heterocycles. The van der Waals surface area contributed by atoms with Gasteiger partial charge in [-0.2, -0.15) is 0 Å². The van der Waals surface area contributed by atoms with Crippen molar-refractivity contribution >= 4 is 45.3 Å². The third-order valence-electron chi connectivity index (χ3n) is 8.16. The van der Waals surface area contributed by atoms with Gasteiger partial charge in [-0.25, -0.2) is 9.78 Å². The fraction of sp³-hybridized carbons (Fsp3) is 0.290. The summed E-state index contributed by atoms with van der Waals surface area (Å²) in [4.78, 5) is 48.3. The van der Waals surface area contributed by atoms with Crippen LogP contribution >= 0.6 is 0 Å². The van der Waals surface area contributed by atoms with E-state index in [1.807, 2.05) is 56.9 Å². The van der Waals surface area contributed by atoms with Gasteiger partial charge in [-0.3, -0.25) is 14.0 Å². The summed E-state index contributed by atoms with van der Waals surface area (Å²) in [6.07, 6.45) is 14.4. The third kappa shape index (κ3) is 3.68. The molecule has 194 valence electrons. The first-order valence-corrected chi connectivity index (χ1v) is 13.4. The van der Waals surface area contributed by atoms with Crippen LogP contribution in [-0.4, -0.2) is 61.0 Å². The highest BCUT2D eigenvalue weighted by Crippen LogP contribution is 2.41. The van der Waals surface area contributed by atoms with Crippen molar-refractivity contribution in [2.24, 2.45) is 0 Å². The van der Waals surface area contributed by atoms with Gasteiger partial charge in [0.25, 0.3) is 0 Å². The fourth-order valence-electron chi connectivity index (χ4n) is 6.34. The van der Waals surface area contributed by atoms with Crippen LogP contribution in [0.3, 0.4) is 0 Å². The number of urea groups is 1. The lowest BCUT2D eigenvalue weighted by atomic mass is 9.96. The molecule has 0 N–H and O–H groups in total. The molecule has 7 rings (SSSR count). The summed E-state index contributed by atoms with van der Waals surface area (Å²) in [6, 6.07) is 9.57. The van der Waals surface area contributed by atoms with Crippen molar-refractivity contribution in [2.45, 2.75) is 38.8 Å². The minimum absolute atomic E-state index is 0.0640. The molecule has 2 amide bonds. The Morgan fingerprint density at radius 3 is 2.59 bits per heavy atom. The average Bonchev–Trinajstić information content (AvgIpc) is 3.58. The number of aromatic nitrogens is 3. The number of Topliss-reactive ketones (excluding diaryl/α,β-unsaturated/α-hetero) is 2. The number of carbonyl (C=O) groups is 3. The Morgan fingerprint density at radius 2 is 1.77 bits per heavy atom. The number of nitrogens with zero attached hydrogens (tertiary/aromatic N) is 5. The summed E-state index contributed by atoms with van der Waals surface area (Å²) in [5.74, 6) is 2.34. The zero-order valence-electron chi connectivity index (χ0n) is 21.5. The second kappa shape index (κ2) is 8.98. The standard InChI is InChI=1S/C31H27N5O3/c1-2-20-14-21-18-35(31(39)33-9-5-3-6-10-33)13-12-34-19-23(22(15-20)30(21)34)28-25(37)16-26(38)29(28)24-17-32-27-8-4-7-11-36(24)27/h1,4,7-8,11,14-15,17,19H,3,5-6,9-10,12-13,16,18H2. The van der Waals surface area contributed by atoms with Gasteiger partial charge in [0, 0.05) is 67.2 Å². The Kier molecular flexibility index (Phi) is 5.41. The van der Waals surface area contributed by atoms with Crippen LogP contribution in [0.2, 0.25) is 0 Å². The lowest BCUT2D eigenvalue weighted by Crippen LogP contribution is -2.45. The van der Waals surface area contributed by atoms with Crippen LogP contribution < -0.4 is 0 Å². The van der Waals surface area contributed by atoms with E-state index in [1.54, 1.807) is 6.20 Å². The topological polar surface area (TPSA) is 79.9 Å². The number of allylic oxidation sites excluding steroid dienone is 2. The van der Waals surface area contributed by atoms with Crippen LogP contribution in [0, 0.1) is 12.3 Å². The number of fused-ring (bicyclic) bond motifs is 1. The lowest BCUT2D eigenvalue weighted by molar-refractivity contribution is -0.119. The third-order valence-corrected chi connectivity index (χ3v) is 8.16. The molecule has 39 heavy (non-hydrogen) atoms. The van der Waals surface area contributed by atoms with Crippen LogP contribution in [0.4, 0.5) is 4.79 Å². The van der Waals surface area contributed by atoms with E-state index in [0.717, 1.165) is 48.8 Å². The summed E-state index contributed by atoms with van der Waals surface area (Å²) in [5.41, 5.74) is 5.40. The number of likely N-dealkylation sites (tertiary alicyclic amines) is 1. The highest BCUT2D eigenvalue weighted by Gasteiger charge is 2.36. The Labute approximate surface area is 225 Å². The molecule has 3 aliphatic rings. The number of piperidine rings is 1. The molecule has 0 radical (unpaired) electrons. The van der Waals surface area contributed by atoms with E-state index in [-0.39, 0.29) is 24.0 Å². The molecule has 2 aliphatic heterocycles. The largest absolute Gasteiger partial charge is 0.345 e. The number of imidazole rings is 1. The van der Waals surface area contributed by atoms with Crippen molar-refractivity contribution in [1.82, 2.24) is 23.8 Å². The molecule has 3 aromatic heterocycles. The summed E-state index contributed by atoms with van der Waals surface area (Å²) >= 11 is 0. The van der Waals surface area contributed by atoms with E-state index in [4.69, 9.17) is 6.42 Å². The molecular formula is C31H27N5O3. The molecule has 8 heteroatoms. The predicted octanol–water partition coefficient (Wildman–Crippen LogP) is 4.14. The van der Waals surface area contributed by atoms with Crippen LogP contribution in [0.1, 0.15) is 48.1 Å². The SMILES string of the molecule is C#Cc1cc2c3c(c1)c(C1=C(c4cnc5ccccn45)C(=O)CC1=O)cn3CCN(C(=O)N1CCCCC1)C2. The molecule has 0 atom stereocenters. The summed E-state index contributed by atoms with van der Waals surface area (Å²) in [7, 11) is 0. The van der Waals surface area contributed by atoms with Crippen LogP contribution in [0.25, 0.3) is 27.7 Å². The van der Waals surface area contributed by atoms with Gasteiger partial charge in [0.1, 0.15) is 5.65 Å². The average molecular weight is 518 g/mol. The molecule has 1 fully saturated rings. The molecule has 0 bridgehead atoms. The zero-order valence-corrected chi connectivity index (χ0v) is 21.5. The van der Waals surface area contributed by atoms with E-state index in [1.165, 1.54) is 0 Å². The van der Waals surface area contributed by atoms with Gasteiger partial charge < -0.3 is 14.4 Å². The highest BCUT2D eigenvalue weighted by molar-refractivity contribution is 6.51. The van der Waals surface area contributed by atoms with Gasteiger partial charge in [0.05, 0.1) is 29.4 Å². The van der Waals surface area contributed by atoms with Crippen LogP contribution in [0.15, 0.2) is 48.9 Å². The van der Waals surface area contributed by atoms with Gasteiger partial charge in [-0.05, 0) is 49.1 Å². The fourth-order valence-corrected chi connectivity index (χ4v) is 6.34. The number of rotatable bonds is 2. The van der Waals surface area contributed by atoms with Crippen LogP contribution in [0.5, 0.6) is 0 Å². The first-order chi connectivity index (χ1) is 19.0. The molecule has 0 saturated carbocycles. The van der Waals surface area contributed by atoms with E-state index in [9.17, 15) is 14.4 Å². The maximum atomic E-state index is 13.4. The number of ketones is 2. The van der Waals surface area contributed by atoms with E-state index in [2.05, 4.69) is 15.5 Å². The summed E-state index contributed by atoms with van der Waals surface area (Å²) in [6.45, 7) is 3.16. The van der Waals surface area contributed by atoms with Crippen molar-refractivity contribution < 1.29 is 14.4 Å². The Balaban J connectivity index is 1.39. The highest BCUT2D eigenvalue weighted by atomic mass is 16.2. The number of terminal acetylenes is 1. The molecule has 0 unspecified atom stereocenters. The number of benzene rings is 1. The Morgan fingerprint density at radius 1 is 0.949 bits per heavy atom. The van der Waals surface area contributed by atoms with Crippen molar-refractivity contribution in [1.29, 1.82) is 0 Å². The van der Waals surface area contributed by atoms with E-state index in [0.29, 0.717) is 53.2 Å². The lowest BCUT2D eigenvalue weighted by Gasteiger charge is -2.32. The molecule has 5 heterocycles. The van der Waals surface area contributed by atoms with Crippen molar-refractivity contribution in [3.05, 3.63) is 71.3 Å². The predicted molar refractivity (Wildman–Crippen MR) is 148 cm³/mol. The first-order valence-electron chi connectivity index (χ1n) is 13.4. The number of hydrogen-bond donors (Lipinski definition) is 0. The second-order valence-corrected chi connectivity index (χ2v) is 10.5. The number of amides is 2. The van der Waals surface area contributed by atoms with Crippen molar-refractivity contribution in [3.63, 3.8) is 0 Å². The zero-order chi connectivity index (χ0) is 26.7. The van der Waals surface area contributed by atoms with Gasteiger partial charge in [0.2, 0.25) is 0 Å². The van der Waals surface area contributed by atoms with Gasteiger partial charge in [0.15, 0.2) is 11.6 Å². The van der Waals surface area contributed by atoms with E-state index >= 15 is 0 Å². The smallest absolute Gasteiger partial charge is 0.320 e. The van der Waals surface area contributed by atoms with Crippen molar-refractivity contribution in [3.8, 4) is 12.3 Å². The molecule has 0 spiro atoms. The Bertz CT molecular complexity index is 1780. The Hall–Kier alpha value is -4.64. The maximum Gasteiger partial charge on any atom is 0.320 e. The number of pyridine rings is 1. The molecule has 1 aromatic carbocycles. The summed E-state index contributed by atoms with van der Waals surface area (Å²) < 4.78 is 3.95. The molecular weight excluding hydrogens is 490 g/mol. The van der Waals surface area contributed by atoms with Gasteiger partial charge >= 0.3 is 6.03 Å². The quantitative estimate of drug-likeness (QED) is 0.296. The summed E-state index contributed by atoms with van der Waals surface area (Å²) in [5, 5.41) is 0.831. The number of hydrogen-bond acceptors (Lipinski definition) is 4. The van der Waals surface area contributed by atoms with Gasteiger partial charge in [-0.15, -0.1) is 6.42 Å². The van der Waals surface area contributed by atoms with Gasteiger partial charge in [-0.1, -0.05) is 12.0 Å². The minimum Gasteiger partial charge on any atom is -0.345 e. The maximum absolute atomic E-state index is 13.4. The van der Waals surface area contributed by atoms with Crippen molar-refractivity contribution in [2.75, 3.05) is 19.6 Å². The normalized spacial score (nSPS) is 17.8. The molecule has 1 aliphatic carbocycles. The number of carbonyl (C=O) groups excluding carboxylic acids is 3. The van der Waals surface area contributed by atoms with E-state index < -0.39 is 0 Å². The molecule has 4 aromatic rings. The monoisotopic (exact) mass is 517 g/mol.